The molecular formula is C64H74Cl2N4O12S2. The third kappa shape index (κ3) is 11.2. The van der Waals surface area contributed by atoms with Crippen molar-refractivity contribution < 1.29 is 55.6 Å². The van der Waals surface area contributed by atoms with Crippen LogP contribution in [0.15, 0.2) is 97.1 Å². The molecule has 2 saturated carbocycles. The van der Waals surface area contributed by atoms with Crippen molar-refractivity contribution in [3.8, 4) is 11.5 Å². The van der Waals surface area contributed by atoms with Crippen molar-refractivity contribution in [3.63, 3.8) is 0 Å². The number of benzene rings is 4. The molecule has 0 radical (unpaired) electrons. The predicted molar refractivity (Wildman–Crippen MR) is 321 cm³/mol. The number of hydrogen-bond acceptors (Lipinski definition) is 14. The molecule has 0 unspecified atom stereocenters. The molecular weight excluding hydrogens is 1150 g/mol. The molecule has 10 aliphatic rings. The fourth-order valence-electron chi connectivity index (χ4n) is 15.5. The number of anilines is 2. The summed E-state index contributed by atoms with van der Waals surface area (Å²) in [6, 6.07) is 22.7. The number of sulfonamides is 2. The third-order valence-electron chi connectivity index (χ3n) is 20.4. The first-order chi connectivity index (χ1) is 40.4. The maximum Gasteiger partial charge on any atom is 0.264 e. The number of carbonyl (C=O) groups is 2. The lowest BCUT2D eigenvalue weighted by Crippen LogP contribution is -2.49. The fraction of sp³-hybridized carbons (Fsp3) is 0.531. The summed E-state index contributed by atoms with van der Waals surface area (Å²) >= 11 is 12.8. The molecule has 2 amide bonds. The monoisotopic (exact) mass is 1220 g/mol. The lowest BCUT2D eigenvalue weighted by Gasteiger charge is -2.45. The van der Waals surface area contributed by atoms with Gasteiger partial charge in [-0.15, -0.1) is 0 Å². The summed E-state index contributed by atoms with van der Waals surface area (Å²) in [4.78, 5) is 31.4. The SMILES string of the molecule is O=C1NS(=O)(=O)[C@@H]2COC[C@H]2C/C=C/[C@H](O)[C@@H]2CC[C@H]2CN2C[C@@]3(CCCc4cc(Cl)ccc43)COc3ccc1cc32.O=C1NS(=O)(=O)[C@H]2COC[C@@H]2C/C=C/[C@H](O)[C@@H]2CC[C@H]2CN2C[C@@]3(CCCc4cc(Cl)ccc43)COc3ccc1cc32. The number of fused-ring (bicyclic) bond motifs is 10. The number of nitrogens with zero attached hydrogens (tertiary/aromatic N) is 2. The molecule has 2 spiro atoms. The average molecular weight is 1230 g/mol. The van der Waals surface area contributed by atoms with E-state index < -0.39 is 54.6 Å². The Morgan fingerprint density at radius 1 is 0.548 bits per heavy atom. The van der Waals surface area contributed by atoms with Gasteiger partial charge in [0, 0.05) is 70.0 Å². The first-order valence-corrected chi connectivity index (χ1v) is 33.9. The lowest BCUT2D eigenvalue weighted by atomic mass is 9.68. The van der Waals surface area contributed by atoms with Gasteiger partial charge in [0.25, 0.3) is 11.8 Å². The van der Waals surface area contributed by atoms with Crippen LogP contribution < -0.4 is 28.7 Å². The molecule has 4 aromatic carbocycles. The van der Waals surface area contributed by atoms with Crippen LogP contribution in [0.4, 0.5) is 11.4 Å². The molecule has 20 heteroatoms. The zero-order valence-electron chi connectivity index (χ0n) is 47.0. The highest BCUT2D eigenvalue weighted by atomic mass is 35.5. The van der Waals surface area contributed by atoms with Gasteiger partial charge in [-0.1, -0.05) is 59.6 Å². The van der Waals surface area contributed by atoms with E-state index in [2.05, 4.69) is 43.5 Å². The van der Waals surface area contributed by atoms with Crippen LogP contribution in [-0.4, -0.2) is 127 Å². The van der Waals surface area contributed by atoms with Gasteiger partial charge >= 0.3 is 0 Å². The number of allylic oxidation sites excluding steroid dienone is 2. The van der Waals surface area contributed by atoms with Crippen molar-refractivity contribution in [2.45, 2.75) is 111 Å². The van der Waals surface area contributed by atoms with E-state index in [0.29, 0.717) is 76.9 Å². The number of nitrogens with one attached hydrogen (secondary N) is 2. The quantitative estimate of drug-likeness (QED) is 0.122. The van der Waals surface area contributed by atoms with Gasteiger partial charge in [-0.2, -0.15) is 0 Å². The molecule has 12 atom stereocenters. The second-order valence-corrected chi connectivity index (χ2v) is 30.2. The van der Waals surface area contributed by atoms with Gasteiger partial charge in [0.05, 0.1) is 63.2 Å². The smallest absolute Gasteiger partial charge is 0.264 e. The number of carbonyl (C=O) groups excluding carboxylic acids is 2. The molecule has 4 N–H and O–H groups in total. The van der Waals surface area contributed by atoms with Crippen LogP contribution in [-0.2, 0) is 53.2 Å². The zero-order valence-corrected chi connectivity index (χ0v) is 50.2. The Morgan fingerprint density at radius 3 is 1.40 bits per heavy atom. The van der Waals surface area contributed by atoms with Crippen molar-refractivity contribution >= 4 is 66.4 Å². The predicted octanol–water partition coefficient (Wildman–Crippen LogP) is 8.47. The Hall–Kier alpha value is -5.18. The van der Waals surface area contributed by atoms with E-state index >= 15 is 0 Å². The average Bonchev–Trinajstić information content (AvgIpc) is 2.24. The van der Waals surface area contributed by atoms with Gasteiger partial charge in [0.2, 0.25) is 20.0 Å². The number of aliphatic hydroxyl groups excluding tert-OH is 2. The molecule has 0 aromatic heterocycles. The Kier molecular flexibility index (Phi) is 16.0. The highest BCUT2D eigenvalue weighted by Crippen LogP contribution is 2.49. The van der Waals surface area contributed by atoms with E-state index in [0.717, 1.165) is 85.6 Å². The lowest BCUT2D eigenvalue weighted by molar-refractivity contribution is 0.0454. The Bertz CT molecular complexity index is 3280. The molecule has 16 nitrogen and oxygen atoms in total. The zero-order chi connectivity index (χ0) is 58.1. The van der Waals surface area contributed by atoms with E-state index in [1.54, 1.807) is 36.4 Å². The summed E-state index contributed by atoms with van der Waals surface area (Å²) in [5, 5.41) is 22.1. The summed E-state index contributed by atoms with van der Waals surface area (Å²) in [7, 11) is -7.97. The topological polar surface area (TPSA) is 210 Å². The molecule has 4 bridgehead atoms. The van der Waals surface area contributed by atoms with Crippen LogP contribution in [0.3, 0.4) is 0 Å². The van der Waals surface area contributed by atoms with Gasteiger partial charge in [-0.05, 0) is 184 Å². The van der Waals surface area contributed by atoms with Crippen molar-refractivity contribution in [2.24, 2.45) is 35.5 Å². The Balaban J connectivity index is 0.000000157. The number of ether oxygens (including phenoxy) is 4. The maximum absolute atomic E-state index is 13.4. The highest BCUT2D eigenvalue weighted by molar-refractivity contribution is 7.91. The summed E-state index contributed by atoms with van der Waals surface area (Å²) in [5.74, 6) is 0.237. The maximum atomic E-state index is 13.4. The molecule has 4 aromatic rings. The number of halogens is 2. The standard InChI is InChI=1S/2C32H37ClN2O6S/c2*33-24-8-10-26-20(13-24)4-2-12-32(26)18-35-15-22-6-9-25(22)28(36)5-1-3-23-16-40-17-30(23)42(38,39)34-31(37)21-7-11-29(41-19-32)27(35)14-21/h2*1,5,7-8,10-11,13-14,22-23,25,28,30,36H,2-4,6,9,12,15-19H2,(H,34,37)/b2*5-1+/t22-,23+,25+,28-,30+,32-;22-,23-,25+,28-,30-,32-/m00/s1. The molecule has 14 rings (SSSR count). The van der Waals surface area contributed by atoms with E-state index in [1.165, 1.54) is 22.3 Å². The van der Waals surface area contributed by atoms with E-state index in [-0.39, 0.29) is 70.7 Å². The molecule has 448 valence electrons. The first kappa shape index (κ1) is 57.9. The normalized spacial score (nSPS) is 34.6. The molecule has 4 fully saturated rings. The summed E-state index contributed by atoms with van der Waals surface area (Å²) < 4.78 is 82.0. The van der Waals surface area contributed by atoms with Crippen molar-refractivity contribution in [1.82, 2.24) is 9.44 Å². The van der Waals surface area contributed by atoms with Crippen LogP contribution in [0.25, 0.3) is 0 Å². The first-order valence-electron chi connectivity index (χ1n) is 30.0. The second kappa shape index (κ2) is 23.2. The van der Waals surface area contributed by atoms with Crippen molar-refractivity contribution in [1.29, 1.82) is 0 Å². The third-order valence-corrected chi connectivity index (χ3v) is 24.5. The van der Waals surface area contributed by atoms with E-state index in [4.69, 9.17) is 42.1 Å². The van der Waals surface area contributed by atoms with Crippen LogP contribution in [0.5, 0.6) is 11.5 Å². The fourth-order valence-corrected chi connectivity index (χ4v) is 18.9. The van der Waals surface area contributed by atoms with E-state index in [9.17, 15) is 36.6 Å². The minimum Gasteiger partial charge on any atom is -0.490 e. The minimum atomic E-state index is -3.99. The second-order valence-electron chi connectivity index (χ2n) is 25.5. The Morgan fingerprint density at radius 2 is 0.988 bits per heavy atom. The van der Waals surface area contributed by atoms with Crippen LogP contribution >= 0.6 is 23.2 Å². The van der Waals surface area contributed by atoms with Crippen molar-refractivity contribution in [2.75, 3.05) is 75.6 Å². The number of hydrogen-bond donors (Lipinski definition) is 4. The number of rotatable bonds is 0. The summed E-state index contributed by atoms with van der Waals surface area (Å²) in [6.45, 7) is 4.45. The molecule has 6 aliphatic heterocycles. The molecule has 4 aliphatic carbocycles. The van der Waals surface area contributed by atoms with Gasteiger partial charge < -0.3 is 39.0 Å². The largest absolute Gasteiger partial charge is 0.490 e. The van der Waals surface area contributed by atoms with Gasteiger partial charge in [0.1, 0.15) is 22.0 Å². The van der Waals surface area contributed by atoms with Crippen LogP contribution in [0.1, 0.15) is 107 Å². The molecule has 6 heterocycles. The van der Waals surface area contributed by atoms with Gasteiger partial charge in [-0.3, -0.25) is 9.59 Å². The minimum absolute atomic E-state index is 0.0367. The van der Waals surface area contributed by atoms with Gasteiger partial charge in [-0.25, -0.2) is 26.3 Å². The number of amides is 2. The van der Waals surface area contributed by atoms with Crippen LogP contribution in [0.2, 0.25) is 10.0 Å². The van der Waals surface area contributed by atoms with Crippen LogP contribution in [0, 0.1) is 35.5 Å². The summed E-state index contributed by atoms with van der Waals surface area (Å²) in [6.07, 6.45) is 16.9. The van der Waals surface area contributed by atoms with Crippen molar-refractivity contribution in [3.05, 3.63) is 141 Å². The number of aliphatic hydroxyl groups is 2. The Labute approximate surface area is 502 Å². The number of aryl methyl sites for hydroxylation is 2. The summed E-state index contributed by atoms with van der Waals surface area (Å²) in [5.41, 5.74) is 6.57. The molecule has 2 saturated heterocycles. The van der Waals surface area contributed by atoms with Gasteiger partial charge in [0.15, 0.2) is 0 Å². The highest BCUT2D eigenvalue weighted by Gasteiger charge is 2.48. The molecule has 84 heavy (non-hydrogen) atoms. The van der Waals surface area contributed by atoms with E-state index in [1.807, 2.05) is 36.4 Å².